The third-order valence-electron chi connectivity index (χ3n) is 4.57. The summed E-state index contributed by atoms with van der Waals surface area (Å²) in [4.78, 5) is 14.5. The van der Waals surface area contributed by atoms with Crippen LogP contribution in [0.3, 0.4) is 0 Å². The first kappa shape index (κ1) is 14.7. The highest BCUT2D eigenvalue weighted by Crippen LogP contribution is 2.33. The molecule has 0 spiro atoms. The van der Waals surface area contributed by atoms with E-state index in [1.807, 2.05) is 7.05 Å². The predicted octanol–water partition coefficient (Wildman–Crippen LogP) is 3.58. The van der Waals surface area contributed by atoms with Gasteiger partial charge in [-0.25, -0.2) is 9.97 Å². The molecule has 0 radical (unpaired) electrons. The number of likely N-dealkylation sites (tertiary alicyclic amines) is 1. The van der Waals surface area contributed by atoms with Gasteiger partial charge in [-0.1, -0.05) is 6.92 Å². The third kappa shape index (κ3) is 2.64. The molecule has 0 amide bonds. The van der Waals surface area contributed by atoms with Gasteiger partial charge in [-0.15, -0.1) is 11.3 Å². The molecule has 5 heteroatoms. The fourth-order valence-electron chi connectivity index (χ4n) is 3.33. The molecule has 1 saturated heterocycles. The number of aromatic nitrogens is 2. The van der Waals surface area contributed by atoms with Crippen LogP contribution in [0.1, 0.15) is 36.5 Å². The molecule has 0 aliphatic carbocycles. The minimum absolute atomic E-state index is 0.629. The smallest absolute Gasteiger partial charge is 0.146 e. The van der Waals surface area contributed by atoms with Crippen LogP contribution in [0.25, 0.3) is 10.2 Å². The average molecular weight is 304 g/mol. The Balaban J connectivity index is 1.96. The second kappa shape index (κ2) is 5.54. The number of rotatable bonds is 3. The van der Waals surface area contributed by atoms with Gasteiger partial charge in [0.15, 0.2) is 0 Å². The van der Waals surface area contributed by atoms with Crippen molar-refractivity contribution in [2.24, 2.45) is 5.92 Å². The van der Waals surface area contributed by atoms with Crippen LogP contribution >= 0.6 is 11.3 Å². The lowest BCUT2D eigenvalue weighted by Crippen LogP contribution is -2.27. The molecule has 3 heterocycles. The summed E-state index contributed by atoms with van der Waals surface area (Å²) in [5.74, 6) is 2.68. The Kier molecular flexibility index (Phi) is 3.88. The summed E-state index contributed by atoms with van der Waals surface area (Å²) in [6, 6.07) is 0.629. The maximum atomic E-state index is 4.81. The number of hydrogen-bond donors (Lipinski definition) is 1. The molecule has 1 aliphatic heterocycles. The molecule has 21 heavy (non-hydrogen) atoms. The van der Waals surface area contributed by atoms with Crippen LogP contribution < -0.4 is 5.32 Å². The van der Waals surface area contributed by atoms with Crippen LogP contribution in [0.2, 0.25) is 0 Å². The van der Waals surface area contributed by atoms with Crippen molar-refractivity contribution < 1.29 is 0 Å². The first-order valence-electron chi connectivity index (χ1n) is 7.68. The first-order chi connectivity index (χ1) is 9.99. The van der Waals surface area contributed by atoms with E-state index in [1.54, 1.807) is 11.3 Å². The van der Waals surface area contributed by atoms with E-state index in [4.69, 9.17) is 9.97 Å². The summed E-state index contributed by atoms with van der Waals surface area (Å²) < 4.78 is 0. The fourth-order valence-corrected chi connectivity index (χ4v) is 4.38. The highest BCUT2D eigenvalue weighted by Gasteiger charge is 2.27. The van der Waals surface area contributed by atoms with E-state index in [1.165, 1.54) is 22.2 Å². The molecule has 0 bridgehead atoms. The average Bonchev–Trinajstić information content (AvgIpc) is 2.89. The van der Waals surface area contributed by atoms with Crippen molar-refractivity contribution in [1.82, 2.24) is 14.9 Å². The lowest BCUT2D eigenvalue weighted by molar-refractivity contribution is 0.250. The van der Waals surface area contributed by atoms with Gasteiger partial charge < -0.3 is 5.32 Å². The zero-order valence-electron chi connectivity index (χ0n) is 13.5. The van der Waals surface area contributed by atoms with E-state index in [2.05, 4.69) is 37.9 Å². The van der Waals surface area contributed by atoms with Gasteiger partial charge in [0.05, 0.1) is 11.9 Å². The number of nitrogens with zero attached hydrogens (tertiary/aromatic N) is 3. The van der Waals surface area contributed by atoms with E-state index in [0.717, 1.165) is 35.5 Å². The molecule has 1 N–H and O–H groups in total. The quantitative estimate of drug-likeness (QED) is 0.941. The number of nitrogens with one attached hydrogen (secondary N) is 1. The normalized spacial score (nSPS) is 23.1. The molecule has 1 fully saturated rings. The second-order valence-electron chi connectivity index (χ2n) is 6.32. The van der Waals surface area contributed by atoms with Crippen molar-refractivity contribution in [1.29, 1.82) is 0 Å². The number of thiophene rings is 1. The van der Waals surface area contributed by atoms with Crippen LogP contribution in [0.15, 0.2) is 0 Å². The lowest BCUT2D eigenvalue weighted by Gasteiger charge is -2.20. The molecule has 4 nitrogen and oxygen atoms in total. The van der Waals surface area contributed by atoms with Gasteiger partial charge in [0.25, 0.3) is 0 Å². The van der Waals surface area contributed by atoms with Crippen molar-refractivity contribution in [3.8, 4) is 0 Å². The van der Waals surface area contributed by atoms with Crippen LogP contribution in [0, 0.1) is 19.8 Å². The fraction of sp³-hybridized carbons (Fsp3) is 0.625. The van der Waals surface area contributed by atoms with Gasteiger partial charge in [0.1, 0.15) is 16.5 Å². The molecule has 2 aromatic rings. The van der Waals surface area contributed by atoms with E-state index in [-0.39, 0.29) is 0 Å². The van der Waals surface area contributed by atoms with Crippen LogP contribution in [-0.2, 0) is 6.54 Å². The summed E-state index contributed by atoms with van der Waals surface area (Å²) in [5, 5.41) is 4.43. The van der Waals surface area contributed by atoms with E-state index >= 15 is 0 Å². The Hall–Kier alpha value is -1.20. The summed E-state index contributed by atoms with van der Waals surface area (Å²) in [7, 11) is 1.94. The standard InChI is InChI=1S/C16H24N4S/c1-9-6-10(2)20(7-9)8-13-18-15(17-5)14-11(3)12(4)21-16(14)19-13/h9-10H,6-8H2,1-5H3,(H,17,18,19). The lowest BCUT2D eigenvalue weighted by atomic mass is 10.1. The SMILES string of the molecule is CNc1nc(CN2CC(C)CC2C)nc2sc(C)c(C)c12. The van der Waals surface area contributed by atoms with Crippen LogP contribution in [0.4, 0.5) is 5.82 Å². The van der Waals surface area contributed by atoms with E-state index in [0.29, 0.717) is 6.04 Å². The summed E-state index contributed by atoms with van der Waals surface area (Å²) in [6.45, 7) is 10.9. The number of fused-ring (bicyclic) bond motifs is 1. The molecule has 3 rings (SSSR count). The zero-order chi connectivity index (χ0) is 15.1. The summed E-state index contributed by atoms with van der Waals surface area (Å²) in [6.07, 6.45) is 1.28. The Labute approximate surface area is 130 Å². The minimum Gasteiger partial charge on any atom is -0.372 e. The molecule has 1 aliphatic rings. The Morgan fingerprint density at radius 2 is 2.05 bits per heavy atom. The van der Waals surface area contributed by atoms with Crippen molar-refractivity contribution in [3.05, 3.63) is 16.3 Å². The topological polar surface area (TPSA) is 41.1 Å². The van der Waals surface area contributed by atoms with Gasteiger partial charge in [0.2, 0.25) is 0 Å². The Bertz CT molecular complexity index is 664. The maximum absolute atomic E-state index is 4.81. The highest BCUT2D eigenvalue weighted by atomic mass is 32.1. The van der Waals surface area contributed by atoms with Gasteiger partial charge in [-0.05, 0) is 38.7 Å². The molecule has 0 saturated carbocycles. The minimum atomic E-state index is 0.629. The van der Waals surface area contributed by atoms with Gasteiger partial charge in [-0.2, -0.15) is 0 Å². The third-order valence-corrected chi connectivity index (χ3v) is 5.67. The second-order valence-corrected chi connectivity index (χ2v) is 7.52. The maximum Gasteiger partial charge on any atom is 0.146 e. The monoisotopic (exact) mass is 304 g/mol. The molecule has 2 aromatic heterocycles. The molecule has 2 atom stereocenters. The number of aryl methyl sites for hydroxylation is 2. The van der Waals surface area contributed by atoms with Crippen LogP contribution in [0.5, 0.6) is 0 Å². The summed E-state index contributed by atoms with van der Waals surface area (Å²) >= 11 is 1.77. The molecule has 2 unspecified atom stereocenters. The van der Waals surface area contributed by atoms with Crippen molar-refractivity contribution in [3.63, 3.8) is 0 Å². The van der Waals surface area contributed by atoms with E-state index in [9.17, 15) is 0 Å². The first-order valence-corrected chi connectivity index (χ1v) is 8.49. The Morgan fingerprint density at radius 3 is 2.67 bits per heavy atom. The van der Waals surface area contributed by atoms with Gasteiger partial charge >= 0.3 is 0 Å². The predicted molar refractivity (Wildman–Crippen MR) is 90.1 cm³/mol. The number of hydrogen-bond acceptors (Lipinski definition) is 5. The van der Waals surface area contributed by atoms with E-state index < -0.39 is 0 Å². The molecular formula is C16H24N4S. The largest absolute Gasteiger partial charge is 0.372 e. The van der Waals surface area contributed by atoms with Crippen molar-refractivity contribution >= 4 is 27.4 Å². The number of anilines is 1. The van der Waals surface area contributed by atoms with Crippen molar-refractivity contribution in [2.75, 3.05) is 18.9 Å². The van der Waals surface area contributed by atoms with Crippen LogP contribution in [-0.4, -0.2) is 34.5 Å². The Morgan fingerprint density at radius 1 is 1.29 bits per heavy atom. The molecule has 0 aromatic carbocycles. The summed E-state index contributed by atoms with van der Waals surface area (Å²) in [5.41, 5.74) is 1.30. The highest BCUT2D eigenvalue weighted by molar-refractivity contribution is 7.18. The van der Waals surface area contributed by atoms with Gasteiger partial charge in [-0.3, -0.25) is 4.90 Å². The molecule has 114 valence electrons. The van der Waals surface area contributed by atoms with Gasteiger partial charge in [0, 0.05) is 24.5 Å². The zero-order valence-corrected chi connectivity index (χ0v) is 14.3. The van der Waals surface area contributed by atoms with Crippen molar-refractivity contribution in [2.45, 2.75) is 46.7 Å². The molecular weight excluding hydrogens is 280 g/mol.